The molecule has 2 atom stereocenters. The number of aliphatic hydroxyl groups is 1. The van der Waals surface area contributed by atoms with E-state index < -0.39 is 5.60 Å². The van der Waals surface area contributed by atoms with Crippen LogP contribution in [0.5, 0.6) is 0 Å². The lowest BCUT2D eigenvalue weighted by molar-refractivity contribution is -0.237. The van der Waals surface area contributed by atoms with Crippen LogP contribution in [0.25, 0.3) is 0 Å². The molecule has 1 aromatic rings. The number of furan rings is 1. The SMILES string of the molecule is CCO[C@@H]1C[C@@](O)(CNC(=O)c2ccoc2C)C1(C)C. The molecule has 2 rings (SSSR count). The zero-order valence-corrected chi connectivity index (χ0v) is 12.5. The summed E-state index contributed by atoms with van der Waals surface area (Å²) < 4.78 is 10.7. The standard InChI is InChI=1S/C15H23NO4/c1-5-19-12-8-15(18,14(12,3)4)9-16-13(17)11-6-7-20-10(11)2/h6-7,12,18H,5,8-9H2,1-4H3,(H,16,17)/t12-,15-/m1/s1. The van der Waals surface area contributed by atoms with Gasteiger partial charge in [-0.1, -0.05) is 13.8 Å². The molecule has 2 N–H and O–H groups in total. The van der Waals surface area contributed by atoms with Crippen molar-refractivity contribution in [3.05, 3.63) is 23.7 Å². The first-order valence-electron chi connectivity index (χ1n) is 6.98. The van der Waals surface area contributed by atoms with Gasteiger partial charge in [-0.05, 0) is 19.9 Å². The molecule has 1 amide bonds. The summed E-state index contributed by atoms with van der Waals surface area (Å²) in [7, 11) is 0. The molecule has 1 aromatic heterocycles. The lowest BCUT2D eigenvalue weighted by atomic mass is 9.56. The van der Waals surface area contributed by atoms with E-state index in [4.69, 9.17) is 9.15 Å². The van der Waals surface area contributed by atoms with Crippen molar-refractivity contribution in [2.24, 2.45) is 5.41 Å². The quantitative estimate of drug-likeness (QED) is 0.864. The van der Waals surface area contributed by atoms with E-state index in [1.165, 1.54) is 6.26 Å². The van der Waals surface area contributed by atoms with Crippen molar-refractivity contribution in [2.45, 2.75) is 45.8 Å². The lowest BCUT2D eigenvalue weighted by Gasteiger charge is -2.57. The van der Waals surface area contributed by atoms with Crippen molar-refractivity contribution in [3.63, 3.8) is 0 Å². The van der Waals surface area contributed by atoms with E-state index in [0.29, 0.717) is 24.4 Å². The van der Waals surface area contributed by atoms with E-state index in [9.17, 15) is 9.90 Å². The fourth-order valence-corrected chi connectivity index (χ4v) is 2.70. The van der Waals surface area contributed by atoms with Gasteiger partial charge in [-0.15, -0.1) is 0 Å². The van der Waals surface area contributed by atoms with E-state index in [1.807, 2.05) is 20.8 Å². The minimum Gasteiger partial charge on any atom is -0.469 e. The fraction of sp³-hybridized carbons (Fsp3) is 0.667. The molecule has 0 spiro atoms. The Morgan fingerprint density at radius 1 is 1.60 bits per heavy atom. The second-order valence-corrected chi connectivity index (χ2v) is 5.97. The highest BCUT2D eigenvalue weighted by molar-refractivity contribution is 5.95. The van der Waals surface area contributed by atoms with Crippen molar-refractivity contribution in [3.8, 4) is 0 Å². The Balaban J connectivity index is 1.95. The summed E-state index contributed by atoms with van der Waals surface area (Å²) in [5, 5.41) is 13.4. The first-order chi connectivity index (χ1) is 9.32. The van der Waals surface area contributed by atoms with Gasteiger partial charge in [-0.25, -0.2) is 0 Å². The van der Waals surface area contributed by atoms with Crippen LogP contribution in [-0.2, 0) is 4.74 Å². The van der Waals surface area contributed by atoms with Crippen molar-refractivity contribution in [1.82, 2.24) is 5.32 Å². The van der Waals surface area contributed by atoms with Crippen LogP contribution in [0.1, 0.15) is 43.3 Å². The summed E-state index contributed by atoms with van der Waals surface area (Å²) in [6.45, 7) is 8.45. The molecule has 20 heavy (non-hydrogen) atoms. The number of hydrogen-bond donors (Lipinski definition) is 2. The van der Waals surface area contributed by atoms with E-state index in [0.717, 1.165) is 0 Å². The van der Waals surface area contributed by atoms with Gasteiger partial charge in [0.15, 0.2) is 0 Å². The molecule has 112 valence electrons. The second kappa shape index (κ2) is 5.22. The number of nitrogens with one attached hydrogen (secondary N) is 1. The van der Waals surface area contributed by atoms with Gasteiger partial charge in [0.2, 0.25) is 0 Å². The summed E-state index contributed by atoms with van der Waals surface area (Å²) in [6, 6.07) is 1.63. The summed E-state index contributed by atoms with van der Waals surface area (Å²) >= 11 is 0. The number of rotatable bonds is 5. The number of ether oxygens (including phenoxy) is 1. The van der Waals surface area contributed by atoms with Crippen LogP contribution in [-0.4, -0.2) is 35.9 Å². The largest absolute Gasteiger partial charge is 0.469 e. The minimum atomic E-state index is -0.930. The average Bonchev–Trinajstić information content (AvgIpc) is 2.82. The van der Waals surface area contributed by atoms with Crippen molar-refractivity contribution in [2.75, 3.05) is 13.2 Å². The third-order valence-corrected chi connectivity index (χ3v) is 4.54. The maximum absolute atomic E-state index is 12.0. The van der Waals surface area contributed by atoms with Gasteiger partial charge in [0.05, 0.1) is 23.5 Å². The molecule has 0 bridgehead atoms. The van der Waals surface area contributed by atoms with E-state index in [-0.39, 0.29) is 24.0 Å². The maximum atomic E-state index is 12.0. The smallest absolute Gasteiger partial charge is 0.254 e. The minimum absolute atomic E-state index is 0.0325. The highest BCUT2D eigenvalue weighted by Gasteiger charge is 2.59. The van der Waals surface area contributed by atoms with Crippen LogP contribution in [0.4, 0.5) is 0 Å². The molecule has 1 aliphatic rings. The normalized spacial score (nSPS) is 27.9. The number of aryl methyl sites for hydroxylation is 1. The monoisotopic (exact) mass is 281 g/mol. The third-order valence-electron chi connectivity index (χ3n) is 4.54. The van der Waals surface area contributed by atoms with Crippen LogP contribution < -0.4 is 5.32 Å². The van der Waals surface area contributed by atoms with Crippen LogP contribution >= 0.6 is 0 Å². The Morgan fingerprint density at radius 3 is 2.80 bits per heavy atom. The lowest BCUT2D eigenvalue weighted by Crippen LogP contribution is -2.68. The Hall–Kier alpha value is -1.33. The number of amides is 1. The zero-order valence-electron chi connectivity index (χ0n) is 12.5. The summed E-state index contributed by atoms with van der Waals surface area (Å²) in [4.78, 5) is 12.0. The summed E-state index contributed by atoms with van der Waals surface area (Å²) in [6.07, 6.45) is 2.06. The van der Waals surface area contributed by atoms with Gasteiger partial charge in [0, 0.05) is 25.0 Å². The first-order valence-corrected chi connectivity index (χ1v) is 6.98. The van der Waals surface area contributed by atoms with Gasteiger partial charge < -0.3 is 19.6 Å². The second-order valence-electron chi connectivity index (χ2n) is 5.97. The molecule has 0 saturated heterocycles. The van der Waals surface area contributed by atoms with Gasteiger partial charge in [-0.3, -0.25) is 4.79 Å². The number of hydrogen-bond acceptors (Lipinski definition) is 4. The molecule has 1 saturated carbocycles. The molecule has 0 unspecified atom stereocenters. The molecular weight excluding hydrogens is 258 g/mol. The molecule has 5 nitrogen and oxygen atoms in total. The molecule has 1 heterocycles. The van der Waals surface area contributed by atoms with Crippen molar-refractivity contribution < 1.29 is 19.1 Å². The highest BCUT2D eigenvalue weighted by atomic mass is 16.5. The molecule has 5 heteroatoms. The molecule has 1 fully saturated rings. The van der Waals surface area contributed by atoms with Gasteiger partial charge in [0.25, 0.3) is 5.91 Å². The predicted octanol–water partition coefficient (Wildman–Crippen LogP) is 1.88. The Kier molecular flexibility index (Phi) is 3.93. The number of carbonyl (C=O) groups is 1. The van der Waals surface area contributed by atoms with Gasteiger partial charge in [-0.2, -0.15) is 0 Å². The molecule has 1 aliphatic carbocycles. The average molecular weight is 281 g/mol. The van der Waals surface area contributed by atoms with E-state index in [2.05, 4.69) is 5.32 Å². The summed E-state index contributed by atoms with van der Waals surface area (Å²) in [5.74, 6) is 0.356. The third kappa shape index (κ3) is 2.36. The molecule has 0 radical (unpaired) electrons. The van der Waals surface area contributed by atoms with Crippen LogP contribution in [0.3, 0.4) is 0 Å². The Morgan fingerprint density at radius 2 is 2.30 bits per heavy atom. The van der Waals surface area contributed by atoms with Gasteiger partial charge in [0.1, 0.15) is 5.76 Å². The highest BCUT2D eigenvalue weighted by Crippen LogP contribution is 2.50. The Labute approximate surface area is 119 Å². The predicted molar refractivity (Wildman–Crippen MR) is 74.5 cm³/mol. The van der Waals surface area contributed by atoms with Crippen LogP contribution in [0.2, 0.25) is 0 Å². The molecule has 0 aliphatic heterocycles. The van der Waals surface area contributed by atoms with Crippen molar-refractivity contribution in [1.29, 1.82) is 0 Å². The van der Waals surface area contributed by atoms with E-state index in [1.54, 1.807) is 13.0 Å². The summed E-state index contributed by atoms with van der Waals surface area (Å²) in [5.41, 5.74) is -0.797. The molecular formula is C15H23NO4. The number of carbonyl (C=O) groups excluding carboxylic acids is 1. The topological polar surface area (TPSA) is 71.7 Å². The van der Waals surface area contributed by atoms with Gasteiger partial charge >= 0.3 is 0 Å². The van der Waals surface area contributed by atoms with Crippen molar-refractivity contribution >= 4 is 5.91 Å². The van der Waals surface area contributed by atoms with Crippen LogP contribution in [0.15, 0.2) is 16.7 Å². The zero-order chi connectivity index (χ0) is 15.0. The van der Waals surface area contributed by atoms with Crippen LogP contribution in [0, 0.1) is 12.3 Å². The van der Waals surface area contributed by atoms with E-state index >= 15 is 0 Å². The Bertz CT molecular complexity index is 494. The first kappa shape index (κ1) is 15.1. The molecule has 0 aromatic carbocycles. The fourth-order valence-electron chi connectivity index (χ4n) is 2.70. The maximum Gasteiger partial charge on any atom is 0.254 e.